The molecule has 98 valence electrons. The molecule has 3 aromatic rings. The van der Waals surface area contributed by atoms with Gasteiger partial charge in [-0.1, -0.05) is 18.2 Å². The number of fused-ring (bicyclic) bond motifs is 1. The lowest BCUT2D eigenvalue weighted by Crippen LogP contribution is -1.99. The number of aromatic nitrogens is 3. The summed E-state index contributed by atoms with van der Waals surface area (Å²) in [5.41, 5.74) is 14.5. The third-order valence-corrected chi connectivity index (χ3v) is 3.00. The molecule has 0 aliphatic carbocycles. The van der Waals surface area contributed by atoms with Crippen LogP contribution in [-0.4, -0.2) is 14.8 Å². The quantitative estimate of drug-likeness (QED) is 0.713. The zero-order valence-corrected chi connectivity index (χ0v) is 11.2. The maximum absolute atomic E-state index is 5.94. The molecule has 0 spiro atoms. The van der Waals surface area contributed by atoms with Crippen LogP contribution in [0.2, 0.25) is 0 Å². The van der Waals surface area contributed by atoms with Gasteiger partial charge in [-0.05, 0) is 12.1 Å². The molecule has 1 aromatic carbocycles. The summed E-state index contributed by atoms with van der Waals surface area (Å²) < 4.78 is 1.83. The highest BCUT2D eigenvalue weighted by Gasteiger charge is 2.11. The van der Waals surface area contributed by atoms with Gasteiger partial charge in [0.05, 0.1) is 11.7 Å². The van der Waals surface area contributed by atoms with Crippen LogP contribution in [0, 0.1) is 0 Å². The minimum atomic E-state index is 0. The molecular formula is C13H14ClN5. The fourth-order valence-corrected chi connectivity index (χ4v) is 2.17. The van der Waals surface area contributed by atoms with Gasteiger partial charge in [0.25, 0.3) is 0 Å². The first-order valence-electron chi connectivity index (χ1n) is 5.60. The molecule has 0 aliphatic rings. The summed E-state index contributed by atoms with van der Waals surface area (Å²) in [7, 11) is 1.91. The number of pyridine rings is 1. The second-order valence-electron chi connectivity index (χ2n) is 4.18. The first kappa shape index (κ1) is 13.2. The van der Waals surface area contributed by atoms with Crippen molar-refractivity contribution >= 4 is 34.9 Å². The summed E-state index contributed by atoms with van der Waals surface area (Å²) in [6.45, 7) is 0. The predicted octanol–water partition coefficient (Wildman–Crippen LogP) is 2.22. The number of para-hydroxylation sites is 1. The van der Waals surface area contributed by atoms with E-state index in [1.54, 1.807) is 6.07 Å². The van der Waals surface area contributed by atoms with Crippen LogP contribution in [0.15, 0.2) is 36.5 Å². The van der Waals surface area contributed by atoms with Crippen molar-refractivity contribution in [3.63, 3.8) is 0 Å². The summed E-state index contributed by atoms with van der Waals surface area (Å²) in [6.07, 6.45) is 1.83. The fraction of sp³-hybridized carbons (Fsp3) is 0.0769. The van der Waals surface area contributed by atoms with Crippen molar-refractivity contribution in [1.29, 1.82) is 0 Å². The van der Waals surface area contributed by atoms with E-state index in [2.05, 4.69) is 10.1 Å². The Bertz CT molecular complexity index is 735. The first-order valence-corrected chi connectivity index (χ1v) is 5.60. The van der Waals surface area contributed by atoms with Crippen LogP contribution in [0.4, 0.5) is 11.6 Å². The minimum absolute atomic E-state index is 0. The molecule has 0 bridgehead atoms. The van der Waals surface area contributed by atoms with Gasteiger partial charge < -0.3 is 11.5 Å². The van der Waals surface area contributed by atoms with Crippen molar-refractivity contribution in [2.75, 3.05) is 11.5 Å². The molecule has 6 heteroatoms. The van der Waals surface area contributed by atoms with Crippen molar-refractivity contribution in [3.8, 4) is 11.1 Å². The molecule has 19 heavy (non-hydrogen) atoms. The van der Waals surface area contributed by atoms with Crippen LogP contribution in [0.25, 0.3) is 22.0 Å². The topological polar surface area (TPSA) is 82.8 Å². The molecule has 0 fully saturated rings. The van der Waals surface area contributed by atoms with Gasteiger partial charge >= 0.3 is 0 Å². The van der Waals surface area contributed by atoms with E-state index in [0.29, 0.717) is 11.6 Å². The van der Waals surface area contributed by atoms with Crippen molar-refractivity contribution < 1.29 is 0 Å². The third-order valence-electron chi connectivity index (χ3n) is 3.00. The molecule has 2 aromatic heterocycles. The Morgan fingerprint density at radius 1 is 1.05 bits per heavy atom. The zero-order valence-electron chi connectivity index (χ0n) is 10.4. The number of benzene rings is 1. The van der Waals surface area contributed by atoms with Crippen LogP contribution >= 0.6 is 12.4 Å². The van der Waals surface area contributed by atoms with E-state index < -0.39 is 0 Å². The normalized spacial score (nSPS) is 10.4. The molecule has 3 rings (SSSR count). The Morgan fingerprint density at radius 2 is 1.84 bits per heavy atom. The predicted molar refractivity (Wildman–Crippen MR) is 80.0 cm³/mol. The number of hydrogen-bond acceptors (Lipinski definition) is 4. The maximum Gasteiger partial charge on any atom is 0.133 e. The Balaban J connectivity index is 0.00000133. The van der Waals surface area contributed by atoms with Crippen LogP contribution in [-0.2, 0) is 7.05 Å². The molecular weight excluding hydrogens is 262 g/mol. The molecule has 0 saturated carbocycles. The van der Waals surface area contributed by atoms with Gasteiger partial charge in [-0.2, -0.15) is 5.10 Å². The van der Waals surface area contributed by atoms with Crippen molar-refractivity contribution in [3.05, 3.63) is 36.5 Å². The molecule has 5 nitrogen and oxygen atoms in total. The molecule has 0 aliphatic heterocycles. The number of nitrogens with zero attached hydrogens (tertiary/aromatic N) is 3. The molecule has 0 atom stereocenters. The molecule has 0 unspecified atom stereocenters. The van der Waals surface area contributed by atoms with Crippen LogP contribution in [0.3, 0.4) is 0 Å². The van der Waals surface area contributed by atoms with Gasteiger partial charge in [0.15, 0.2) is 0 Å². The van der Waals surface area contributed by atoms with Gasteiger partial charge in [0.2, 0.25) is 0 Å². The average Bonchev–Trinajstić information content (AvgIpc) is 2.72. The van der Waals surface area contributed by atoms with E-state index in [4.69, 9.17) is 11.5 Å². The summed E-state index contributed by atoms with van der Waals surface area (Å²) in [4.78, 5) is 4.10. The summed E-state index contributed by atoms with van der Waals surface area (Å²) in [5, 5.41) is 5.34. The van der Waals surface area contributed by atoms with Crippen LogP contribution < -0.4 is 11.5 Å². The number of halogens is 1. The molecule has 4 N–H and O–H groups in total. The largest absolute Gasteiger partial charge is 0.384 e. The number of hydrogen-bond donors (Lipinski definition) is 2. The first-order chi connectivity index (χ1) is 8.66. The lowest BCUT2D eigenvalue weighted by molar-refractivity contribution is 0.797. The van der Waals surface area contributed by atoms with Gasteiger partial charge in [0.1, 0.15) is 11.6 Å². The molecule has 2 heterocycles. The minimum Gasteiger partial charge on any atom is -0.384 e. The Hall–Kier alpha value is -2.27. The van der Waals surface area contributed by atoms with E-state index in [-0.39, 0.29) is 12.4 Å². The summed E-state index contributed by atoms with van der Waals surface area (Å²) in [6, 6.07) is 9.65. The standard InChI is InChI=1S/C13H13N5.ClH/c1-18-12-8(7-16-18)3-2-4-9(12)10-5-6-11(14)17-13(10)15;/h2-7H,1H3,(H4,14,15,17);1H. The monoisotopic (exact) mass is 275 g/mol. The SMILES string of the molecule is Cl.Cn1ncc2cccc(-c3ccc(N)nc3N)c21. The molecule has 0 radical (unpaired) electrons. The highest BCUT2D eigenvalue weighted by molar-refractivity contribution is 5.96. The second kappa shape index (κ2) is 4.78. The summed E-state index contributed by atoms with van der Waals surface area (Å²) in [5.74, 6) is 0.858. The Morgan fingerprint density at radius 3 is 2.58 bits per heavy atom. The number of aryl methyl sites for hydroxylation is 1. The van der Waals surface area contributed by atoms with Crippen molar-refractivity contribution in [2.24, 2.45) is 7.05 Å². The molecule has 0 amide bonds. The van der Waals surface area contributed by atoms with Crippen molar-refractivity contribution in [1.82, 2.24) is 14.8 Å². The van der Waals surface area contributed by atoms with E-state index in [1.807, 2.05) is 42.2 Å². The van der Waals surface area contributed by atoms with Crippen LogP contribution in [0.1, 0.15) is 0 Å². The van der Waals surface area contributed by atoms with Crippen LogP contribution in [0.5, 0.6) is 0 Å². The number of anilines is 2. The lowest BCUT2D eigenvalue weighted by Gasteiger charge is -2.08. The van der Waals surface area contributed by atoms with Gasteiger partial charge in [-0.15, -0.1) is 12.4 Å². The van der Waals surface area contributed by atoms with Crippen molar-refractivity contribution in [2.45, 2.75) is 0 Å². The second-order valence-corrected chi connectivity index (χ2v) is 4.18. The van der Waals surface area contributed by atoms with E-state index in [9.17, 15) is 0 Å². The highest BCUT2D eigenvalue weighted by Crippen LogP contribution is 2.31. The summed E-state index contributed by atoms with van der Waals surface area (Å²) >= 11 is 0. The molecule has 0 saturated heterocycles. The zero-order chi connectivity index (χ0) is 12.7. The Kier molecular flexibility index (Phi) is 3.31. The van der Waals surface area contributed by atoms with Gasteiger partial charge in [-0.25, -0.2) is 4.98 Å². The fourth-order valence-electron chi connectivity index (χ4n) is 2.17. The van der Waals surface area contributed by atoms with E-state index in [1.165, 1.54) is 0 Å². The average molecular weight is 276 g/mol. The number of nitrogen functional groups attached to an aromatic ring is 2. The number of nitrogens with two attached hydrogens (primary N) is 2. The smallest absolute Gasteiger partial charge is 0.133 e. The maximum atomic E-state index is 5.94. The number of rotatable bonds is 1. The van der Waals surface area contributed by atoms with Gasteiger partial charge in [-0.3, -0.25) is 4.68 Å². The third kappa shape index (κ3) is 2.08. The Labute approximate surface area is 116 Å². The van der Waals surface area contributed by atoms with Gasteiger partial charge in [0, 0.05) is 23.6 Å². The highest BCUT2D eigenvalue weighted by atomic mass is 35.5. The van der Waals surface area contributed by atoms with E-state index >= 15 is 0 Å². The van der Waals surface area contributed by atoms with E-state index in [0.717, 1.165) is 22.0 Å². The lowest BCUT2D eigenvalue weighted by atomic mass is 10.0.